The lowest BCUT2D eigenvalue weighted by molar-refractivity contribution is 0.469. The van der Waals surface area contributed by atoms with Crippen molar-refractivity contribution in [1.82, 2.24) is 0 Å². The van der Waals surface area contributed by atoms with E-state index >= 15 is 0 Å². The first-order valence-corrected chi connectivity index (χ1v) is 4.81. The molecule has 0 unspecified atom stereocenters. The Balaban J connectivity index is 0. The van der Waals surface area contributed by atoms with Crippen molar-refractivity contribution in [2.75, 3.05) is 0 Å². The van der Waals surface area contributed by atoms with E-state index in [9.17, 15) is 0 Å². The van der Waals surface area contributed by atoms with E-state index in [-0.39, 0.29) is 0 Å². The molecule has 0 amide bonds. The van der Waals surface area contributed by atoms with Crippen LogP contribution in [0.2, 0.25) is 0 Å². The summed E-state index contributed by atoms with van der Waals surface area (Å²) in [5.41, 5.74) is 0.500. The Hall–Kier alpha value is 0. The van der Waals surface area contributed by atoms with Gasteiger partial charge in [-0.25, -0.2) is 0 Å². The van der Waals surface area contributed by atoms with Gasteiger partial charge in [-0.15, -0.1) is 0 Å². The standard InChI is InChI=1S/C6H14.C5H12/c1-4-6(3)5-2;1-5(2,3)4/h6H,4-5H2,1-3H3;1-4H3. The second-order valence-electron chi connectivity index (χ2n) is 4.92. The van der Waals surface area contributed by atoms with E-state index in [2.05, 4.69) is 48.5 Å². The lowest BCUT2D eigenvalue weighted by Crippen LogP contribution is -1.93. The van der Waals surface area contributed by atoms with E-state index in [0.717, 1.165) is 5.92 Å². The summed E-state index contributed by atoms with van der Waals surface area (Å²) < 4.78 is 0. The largest absolute Gasteiger partial charge is 0.0651 e. The topological polar surface area (TPSA) is 0 Å². The van der Waals surface area contributed by atoms with E-state index in [1.54, 1.807) is 0 Å². The fourth-order valence-corrected chi connectivity index (χ4v) is 0.289. The van der Waals surface area contributed by atoms with Gasteiger partial charge in [0, 0.05) is 0 Å². The smallest absolute Gasteiger partial charge is 0.0411 e. The highest BCUT2D eigenvalue weighted by Crippen LogP contribution is 2.08. The van der Waals surface area contributed by atoms with Gasteiger partial charge in [-0.1, -0.05) is 61.3 Å². The predicted molar refractivity (Wildman–Crippen MR) is 54.9 cm³/mol. The first-order chi connectivity index (χ1) is 4.81. The maximum absolute atomic E-state index is 2.28. The Morgan fingerprint density at radius 3 is 1.09 bits per heavy atom. The van der Waals surface area contributed by atoms with Gasteiger partial charge in [0.05, 0.1) is 0 Å². The minimum atomic E-state index is 0.500. The summed E-state index contributed by atoms with van der Waals surface area (Å²) in [6, 6.07) is 0. The highest BCUT2D eigenvalue weighted by atomic mass is 14.0. The predicted octanol–water partition coefficient (Wildman–Crippen LogP) is 4.49. The average Bonchev–Trinajstić information content (AvgIpc) is 1.83. The van der Waals surface area contributed by atoms with Gasteiger partial charge >= 0.3 is 0 Å². The van der Waals surface area contributed by atoms with Crippen molar-refractivity contribution >= 4 is 0 Å². The van der Waals surface area contributed by atoms with Crippen molar-refractivity contribution in [3.63, 3.8) is 0 Å². The van der Waals surface area contributed by atoms with Gasteiger partial charge in [-0.05, 0) is 11.3 Å². The molecule has 0 aliphatic rings. The Bertz CT molecular complexity index is 56.6. The molecule has 0 spiro atoms. The SMILES string of the molecule is CC(C)(C)C.CCC(C)CC. The van der Waals surface area contributed by atoms with Crippen molar-refractivity contribution in [2.24, 2.45) is 11.3 Å². The maximum atomic E-state index is 2.28. The Morgan fingerprint density at radius 2 is 1.09 bits per heavy atom. The molecule has 0 nitrogen and oxygen atoms in total. The second kappa shape index (κ2) is 6.69. The summed E-state index contributed by atoms with van der Waals surface area (Å²) in [5, 5.41) is 0. The molecule has 0 aromatic heterocycles. The third-order valence-corrected chi connectivity index (χ3v) is 1.39. The summed E-state index contributed by atoms with van der Waals surface area (Å²) in [6.07, 6.45) is 2.66. The maximum Gasteiger partial charge on any atom is -0.0411 e. The molecule has 11 heavy (non-hydrogen) atoms. The zero-order valence-corrected chi connectivity index (χ0v) is 9.49. The molecule has 0 atom stereocenters. The van der Waals surface area contributed by atoms with Crippen LogP contribution in [0.25, 0.3) is 0 Å². The number of hydrogen-bond acceptors (Lipinski definition) is 0. The third-order valence-electron chi connectivity index (χ3n) is 1.39. The molecule has 0 aliphatic heterocycles. The van der Waals surface area contributed by atoms with Crippen LogP contribution in [-0.4, -0.2) is 0 Å². The summed E-state index contributed by atoms with van der Waals surface area (Å²) in [7, 11) is 0. The van der Waals surface area contributed by atoms with Crippen molar-refractivity contribution in [1.29, 1.82) is 0 Å². The quantitative estimate of drug-likeness (QED) is 0.555. The van der Waals surface area contributed by atoms with Crippen LogP contribution in [0.5, 0.6) is 0 Å². The van der Waals surface area contributed by atoms with Gasteiger partial charge in [0.25, 0.3) is 0 Å². The normalized spacial score (nSPS) is 10.9. The minimum Gasteiger partial charge on any atom is -0.0651 e. The van der Waals surface area contributed by atoms with Gasteiger partial charge < -0.3 is 0 Å². The minimum absolute atomic E-state index is 0.500. The van der Waals surface area contributed by atoms with Crippen LogP contribution in [0, 0.1) is 11.3 Å². The number of rotatable bonds is 2. The van der Waals surface area contributed by atoms with Crippen molar-refractivity contribution in [3.8, 4) is 0 Å². The molecular weight excluding hydrogens is 132 g/mol. The molecule has 0 fully saturated rings. The molecule has 0 aromatic carbocycles. The summed E-state index contributed by atoms with van der Waals surface area (Å²) >= 11 is 0. The lowest BCUT2D eigenvalue weighted by Gasteiger charge is -2.05. The van der Waals surface area contributed by atoms with Crippen molar-refractivity contribution in [3.05, 3.63) is 0 Å². The molecular formula is C11H26. The van der Waals surface area contributed by atoms with Crippen molar-refractivity contribution in [2.45, 2.75) is 61.3 Å². The Morgan fingerprint density at radius 1 is 0.909 bits per heavy atom. The van der Waals surface area contributed by atoms with Gasteiger partial charge in [0.1, 0.15) is 0 Å². The van der Waals surface area contributed by atoms with E-state index in [0.29, 0.717) is 5.41 Å². The first-order valence-electron chi connectivity index (χ1n) is 4.81. The van der Waals surface area contributed by atoms with Gasteiger partial charge in [0.15, 0.2) is 0 Å². The average molecular weight is 158 g/mol. The molecule has 0 heterocycles. The molecule has 0 heteroatoms. The molecule has 0 aliphatic carbocycles. The fraction of sp³-hybridized carbons (Fsp3) is 1.00. The molecule has 0 saturated heterocycles. The molecule has 0 rings (SSSR count). The van der Waals surface area contributed by atoms with Crippen LogP contribution in [0.4, 0.5) is 0 Å². The second-order valence-corrected chi connectivity index (χ2v) is 4.92. The Labute approximate surface area is 73.4 Å². The zero-order valence-electron chi connectivity index (χ0n) is 9.49. The van der Waals surface area contributed by atoms with Crippen LogP contribution < -0.4 is 0 Å². The van der Waals surface area contributed by atoms with Crippen LogP contribution >= 0.6 is 0 Å². The van der Waals surface area contributed by atoms with Crippen LogP contribution in [0.1, 0.15) is 61.3 Å². The van der Waals surface area contributed by atoms with E-state index in [4.69, 9.17) is 0 Å². The van der Waals surface area contributed by atoms with Gasteiger partial charge in [-0.2, -0.15) is 0 Å². The lowest BCUT2D eigenvalue weighted by atomic mass is 10.0. The fourth-order valence-electron chi connectivity index (χ4n) is 0.289. The van der Waals surface area contributed by atoms with E-state index in [1.165, 1.54) is 12.8 Å². The zero-order chi connectivity index (χ0) is 9.49. The van der Waals surface area contributed by atoms with E-state index in [1.807, 2.05) is 0 Å². The summed E-state index contributed by atoms with van der Waals surface area (Å²) in [4.78, 5) is 0. The molecule has 0 aromatic rings. The highest BCUT2D eigenvalue weighted by Gasteiger charge is 1.95. The molecule has 0 N–H and O–H groups in total. The van der Waals surface area contributed by atoms with Gasteiger partial charge in [-0.3, -0.25) is 0 Å². The monoisotopic (exact) mass is 158 g/mol. The Kier molecular flexibility index (Phi) is 8.26. The van der Waals surface area contributed by atoms with Crippen LogP contribution in [0.3, 0.4) is 0 Å². The van der Waals surface area contributed by atoms with Crippen molar-refractivity contribution < 1.29 is 0 Å². The molecule has 0 saturated carbocycles. The molecule has 70 valence electrons. The van der Waals surface area contributed by atoms with Crippen LogP contribution in [0.15, 0.2) is 0 Å². The molecule has 0 radical (unpaired) electrons. The van der Waals surface area contributed by atoms with Crippen LogP contribution in [-0.2, 0) is 0 Å². The number of hydrogen-bond donors (Lipinski definition) is 0. The summed E-state index contributed by atoms with van der Waals surface area (Å²) in [6.45, 7) is 15.5. The first kappa shape index (κ1) is 13.6. The van der Waals surface area contributed by atoms with E-state index < -0.39 is 0 Å². The molecule has 0 bridgehead atoms. The third kappa shape index (κ3) is 40.0. The highest BCUT2D eigenvalue weighted by molar-refractivity contribution is 4.47. The van der Waals surface area contributed by atoms with Gasteiger partial charge in [0.2, 0.25) is 0 Å². The summed E-state index contributed by atoms with van der Waals surface area (Å²) in [5.74, 6) is 0.935.